The average molecular weight is 272 g/mol. The Kier molecular flexibility index (Phi) is 3.42. The fraction of sp³-hybridized carbons (Fsp3) is 0.667. The normalized spacial score (nSPS) is 27.1. The van der Waals surface area contributed by atoms with Crippen molar-refractivity contribution in [1.82, 2.24) is 10.6 Å². The van der Waals surface area contributed by atoms with Gasteiger partial charge in [0.1, 0.15) is 0 Å². The first kappa shape index (κ1) is 14.1. The predicted octanol–water partition coefficient (Wildman–Crippen LogP) is 3.15. The van der Waals surface area contributed by atoms with Crippen molar-refractivity contribution in [1.29, 1.82) is 0 Å². The standard InChI is InChI=1S/C18H28N2/c1-17(2)16(18(17,3)4)12-20-11-14-10-19-9-13-7-5-6-8-15(13)14/h5-8,14,16,19-20H,9-12H2,1-4H3. The molecule has 0 radical (unpaired) electrons. The van der Waals surface area contributed by atoms with E-state index >= 15 is 0 Å². The highest BCUT2D eigenvalue weighted by Crippen LogP contribution is 2.67. The minimum Gasteiger partial charge on any atom is -0.316 e. The van der Waals surface area contributed by atoms with Gasteiger partial charge in [-0.15, -0.1) is 0 Å². The Bertz CT molecular complexity index is 476. The third-order valence-electron chi connectivity index (χ3n) is 6.26. The van der Waals surface area contributed by atoms with Gasteiger partial charge >= 0.3 is 0 Å². The molecule has 3 rings (SSSR count). The fourth-order valence-corrected chi connectivity index (χ4v) is 4.01. The second-order valence-corrected chi connectivity index (χ2v) is 7.68. The SMILES string of the molecule is CC1(C)C(CNCC2CNCc3ccccc32)C1(C)C. The van der Waals surface area contributed by atoms with Gasteiger partial charge in [0.25, 0.3) is 0 Å². The number of nitrogens with one attached hydrogen (secondary N) is 2. The summed E-state index contributed by atoms with van der Waals surface area (Å²) < 4.78 is 0. The lowest BCUT2D eigenvalue weighted by atomic mass is 9.91. The largest absolute Gasteiger partial charge is 0.316 e. The van der Waals surface area contributed by atoms with Crippen LogP contribution in [0.3, 0.4) is 0 Å². The third kappa shape index (κ3) is 2.19. The molecule has 1 aromatic carbocycles. The summed E-state index contributed by atoms with van der Waals surface area (Å²) in [6, 6.07) is 8.87. The van der Waals surface area contributed by atoms with Crippen molar-refractivity contribution in [3.8, 4) is 0 Å². The molecule has 1 atom stereocenters. The molecule has 0 saturated heterocycles. The predicted molar refractivity (Wildman–Crippen MR) is 84.8 cm³/mol. The zero-order chi connectivity index (χ0) is 14.4. The number of hydrogen-bond acceptors (Lipinski definition) is 2. The van der Waals surface area contributed by atoms with Crippen molar-refractivity contribution in [2.45, 2.75) is 40.2 Å². The average Bonchev–Trinajstić information content (AvgIpc) is 2.81. The van der Waals surface area contributed by atoms with Crippen LogP contribution < -0.4 is 10.6 Å². The number of benzene rings is 1. The van der Waals surface area contributed by atoms with Crippen molar-refractivity contribution in [2.24, 2.45) is 16.7 Å². The summed E-state index contributed by atoms with van der Waals surface area (Å²) in [5, 5.41) is 7.27. The van der Waals surface area contributed by atoms with Gasteiger partial charge in [0.05, 0.1) is 0 Å². The minimum absolute atomic E-state index is 0.489. The van der Waals surface area contributed by atoms with Crippen LogP contribution in [0.4, 0.5) is 0 Å². The molecule has 1 aromatic rings. The van der Waals surface area contributed by atoms with Crippen LogP contribution >= 0.6 is 0 Å². The molecule has 1 saturated carbocycles. The highest BCUT2D eigenvalue weighted by atomic mass is 14.9. The smallest absolute Gasteiger partial charge is 0.0208 e. The maximum atomic E-state index is 3.73. The zero-order valence-corrected chi connectivity index (χ0v) is 13.3. The molecule has 0 amide bonds. The van der Waals surface area contributed by atoms with Crippen molar-refractivity contribution in [3.05, 3.63) is 35.4 Å². The molecule has 0 spiro atoms. The summed E-state index contributed by atoms with van der Waals surface area (Å²) in [4.78, 5) is 0. The molecule has 2 heteroatoms. The van der Waals surface area contributed by atoms with Gasteiger partial charge in [-0.05, 0) is 34.4 Å². The molecule has 0 aromatic heterocycles. The second kappa shape index (κ2) is 4.85. The lowest BCUT2D eigenvalue weighted by Gasteiger charge is -2.26. The molecule has 2 aliphatic rings. The van der Waals surface area contributed by atoms with Crippen LogP contribution in [0.25, 0.3) is 0 Å². The summed E-state index contributed by atoms with van der Waals surface area (Å²) in [6.07, 6.45) is 0. The molecule has 2 N–H and O–H groups in total. The van der Waals surface area contributed by atoms with Gasteiger partial charge in [-0.1, -0.05) is 52.0 Å². The van der Waals surface area contributed by atoms with Crippen LogP contribution in [0, 0.1) is 16.7 Å². The van der Waals surface area contributed by atoms with Crippen LogP contribution in [0.1, 0.15) is 44.7 Å². The summed E-state index contributed by atoms with van der Waals surface area (Å²) in [5.41, 5.74) is 3.98. The molecular weight excluding hydrogens is 244 g/mol. The quantitative estimate of drug-likeness (QED) is 0.880. The Balaban J connectivity index is 1.56. The second-order valence-electron chi connectivity index (χ2n) is 7.68. The van der Waals surface area contributed by atoms with E-state index in [2.05, 4.69) is 62.6 Å². The molecule has 1 aliphatic heterocycles. The van der Waals surface area contributed by atoms with Crippen LogP contribution in [0.5, 0.6) is 0 Å². The molecule has 20 heavy (non-hydrogen) atoms. The first-order chi connectivity index (χ1) is 9.44. The molecule has 1 fully saturated rings. The van der Waals surface area contributed by atoms with Gasteiger partial charge in [-0.25, -0.2) is 0 Å². The Morgan fingerprint density at radius 3 is 2.50 bits per heavy atom. The van der Waals surface area contributed by atoms with E-state index in [-0.39, 0.29) is 0 Å². The summed E-state index contributed by atoms with van der Waals surface area (Å²) in [6.45, 7) is 14.0. The van der Waals surface area contributed by atoms with Crippen LogP contribution in [-0.2, 0) is 6.54 Å². The highest BCUT2D eigenvalue weighted by molar-refractivity contribution is 5.32. The molecule has 2 nitrogen and oxygen atoms in total. The van der Waals surface area contributed by atoms with Gasteiger partial charge in [0, 0.05) is 25.6 Å². The number of rotatable bonds is 4. The lowest BCUT2D eigenvalue weighted by molar-refractivity contribution is 0.457. The first-order valence-electron chi connectivity index (χ1n) is 7.94. The zero-order valence-electron chi connectivity index (χ0n) is 13.3. The van der Waals surface area contributed by atoms with E-state index < -0.39 is 0 Å². The Labute approximate surface area is 123 Å². The van der Waals surface area contributed by atoms with Crippen molar-refractivity contribution >= 4 is 0 Å². The number of fused-ring (bicyclic) bond motifs is 1. The highest BCUT2D eigenvalue weighted by Gasteiger charge is 2.63. The first-order valence-corrected chi connectivity index (χ1v) is 7.94. The van der Waals surface area contributed by atoms with E-state index in [1.807, 2.05) is 0 Å². The van der Waals surface area contributed by atoms with E-state index in [1.165, 1.54) is 11.1 Å². The molecule has 1 unspecified atom stereocenters. The van der Waals surface area contributed by atoms with Crippen LogP contribution in [-0.4, -0.2) is 19.6 Å². The lowest BCUT2D eigenvalue weighted by Crippen LogP contribution is -2.35. The number of hydrogen-bond donors (Lipinski definition) is 2. The maximum absolute atomic E-state index is 3.73. The van der Waals surface area contributed by atoms with E-state index in [0.717, 1.165) is 32.1 Å². The Morgan fingerprint density at radius 2 is 1.80 bits per heavy atom. The molecule has 1 aliphatic carbocycles. The van der Waals surface area contributed by atoms with E-state index in [0.29, 0.717) is 16.7 Å². The van der Waals surface area contributed by atoms with Crippen molar-refractivity contribution in [3.63, 3.8) is 0 Å². The van der Waals surface area contributed by atoms with Crippen LogP contribution in [0.2, 0.25) is 0 Å². The third-order valence-corrected chi connectivity index (χ3v) is 6.26. The van der Waals surface area contributed by atoms with E-state index in [4.69, 9.17) is 0 Å². The van der Waals surface area contributed by atoms with E-state index in [1.54, 1.807) is 0 Å². The topological polar surface area (TPSA) is 24.1 Å². The monoisotopic (exact) mass is 272 g/mol. The van der Waals surface area contributed by atoms with Crippen molar-refractivity contribution < 1.29 is 0 Å². The van der Waals surface area contributed by atoms with Crippen LogP contribution in [0.15, 0.2) is 24.3 Å². The Hall–Kier alpha value is -0.860. The van der Waals surface area contributed by atoms with Gasteiger partial charge in [-0.3, -0.25) is 0 Å². The minimum atomic E-state index is 0.489. The molecule has 1 heterocycles. The van der Waals surface area contributed by atoms with Gasteiger partial charge in [-0.2, -0.15) is 0 Å². The Morgan fingerprint density at radius 1 is 1.10 bits per heavy atom. The summed E-state index contributed by atoms with van der Waals surface area (Å²) >= 11 is 0. The van der Waals surface area contributed by atoms with Gasteiger partial charge < -0.3 is 10.6 Å². The summed E-state index contributed by atoms with van der Waals surface area (Å²) in [5.74, 6) is 1.42. The van der Waals surface area contributed by atoms with Gasteiger partial charge in [0.2, 0.25) is 0 Å². The molecular formula is C18H28N2. The summed E-state index contributed by atoms with van der Waals surface area (Å²) in [7, 11) is 0. The fourth-order valence-electron chi connectivity index (χ4n) is 4.01. The molecule has 110 valence electrons. The maximum Gasteiger partial charge on any atom is 0.0208 e. The molecule has 0 bridgehead atoms. The van der Waals surface area contributed by atoms with E-state index in [9.17, 15) is 0 Å². The van der Waals surface area contributed by atoms with Crippen molar-refractivity contribution in [2.75, 3.05) is 19.6 Å². The van der Waals surface area contributed by atoms with Gasteiger partial charge in [0.15, 0.2) is 0 Å².